The maximum Gasteiger partial charge on any atom is 0.248 e. The molecule has 4 heteroatoms. The third kappa shape index (κ3) is 2.05. The summed E-state index contributed by atoms with van der Waals surface area (Å²) in [6.07, 6.45) is 3.51. The lowest BCUT2D eigenvalue weighted by molar-refractivity contribution is 0.419. The molecule has 20 heavy (non-hydrogen) atoms. The van der Waals surface area contributed by atoms with Crippen molar-refractivity contribution in [2.24, 2.45) is 0 Å². The van der Waals surface area contributed by atoms with Gasteiger partial charge in [0.05, 0.1) is 12.6 Å². The van der Waals surface area contributed by atoms with Crippen molar-refractivity contribution in [2.45, 2.75) is 6.92 Å². The van der Waals surface area contributed by atoms with Crippen LogP contribution in [0.1, 0.15) is 5.56 Å². The number of ether oxygens (including phenoxy) is 1. The smallest absolute Gasteiger partial charge is 0.248 e. The SMILES string of the molecule is COc1cc(-c2ccncc2)cc2c(C)cc(=O)[nH]c12. The highest BCUT2D eigenvalue weighted by atomic mass is 16.5. The first-order valence-corrected chi connectivity index (χ1v) is 6.31. The van der Waals surface area contributed by atoms with Gasteiger partial charge in [-0.2, -0.15) is 0 Å². The highest BCUT2D eigenvalue weighted by molar-refractivity contribution is 5.91. The van der Waals surface area contributed by atoms with Crippen LogP contribution in [0.4, 0.5) is 0 Å². The predicted octanol–water partition coefficient (Wildman–Crippen LogP) is 2.91. The Morgan fingerprint density at radius 3 is 2.55 bits per heavy atom. The molecule has 4 nitrogen and oxygen atoms in total. The molecular formula is C16H14N2O2. The maximum atomic E-state index is 11.6. The third-order valence-electron chi connectivity index (χ3n) is 3.36. The molecule has 0 saturated heterocycles. The number of H-pyrrole nitrogens is 1. The molecule has 0 aliphatic carbocycles. The number of aromatic amines is 1. The van der Waals surface area contributed by atoms with Crippen LogP contribution in [-0.4, -0.2) is 17.1 Å². The number of pyridine rings is 2. The zero-order valence-corrected chi connectivity index (χ0v) is 11.3. The highest BCUT2D eigenvalue weighted by Gasteiger charge is 2.09. The Bertz CT molecular complexity index is 823. The van der Waals surface area contributed by atoms with E-state index in [1.807, 2.05) is 25.1 Å². The van der Waals surface area contributed by atoms with Gasteiger partial charge in [-0.3, -0.25) is 9.78 Å². The van der Waals surface area contributed by atoms with Gasteiger partial charge in [-0.25, -0.2) is 0 Å². The maximum absolute atomic E-state index is 11.6. The standard InChI is InChI=1S/C16H14N2O2/c1-10-7-15(19)18-16-13(10)8-12(9-14(16)20-2)11-3-5-17-6-4-11/h3-9H,1-2H3,(H,18,19). The molecule has 0 atom stereocenters. The number of benzene rings is 1. The predicted molar refractivity (Wildman–Crippen MR) is 79.1 cm³/mol. The summed E-state index contributed by atoms with van der Waals surface area (Å²) in [5.41, 5.74) is 3.64. The van der Waals surface area contributed by atoms with Crippen LogP contribution in [0, 0.1) is 6.92 Å². The van der Waals surface area contributed by atoms with Crippen molar-refractivity contribution < 1.29 is 4.74 Å². The fraction of sp³-hybridized carbons (Fsp3) is 0.125. The molecule has 3 aromatic rings. The summed E-state index contributed by atoms with van der Waals surface area (Å²) in [5.74, 6) is 0.662. The summed E-state index contributed by atoms with van der Waals surface area (Å²) in [6, 6.07) is 9.47. The Kier molecular flexibility index (Phi) is 2.99. The van der Waals surface area contributed by atoms with Crippen molar-refractivity contribution in [1.82, 2.24) is 9.97 Å². The molecule has 3 rings (SSSR count). The van der Waals surface area contributed by atoms with Gasteiger partial charge in [0.2, 0.25) is 5.56 Å². The third-order valence-corrected chi connectivity index (χ3v) is 3.36. The van der Waals surface area contributed by atoms with Crippen LogP contribution in [-0.2, 0) is 0 Å². The van der Waals surface area contributed by atoms with Crippen molar-refractivity contribution >= 4 is 10.9 Å². The van der Waals surface area contributed by atoms with E-state index >= 15 is 0 Å². The lowest BCUT2D eigenvalue weighted by atomic mass is 10.0. The quantitative estimate of drug-likeness (QED) is 0.776. The number of aromatic nitrogens is 2. The van der Waals surface area contributed by atoms with Gasteiger partial charge < -0.3 is 9.72 Å². The average molecular weight is 266 g/mol. The first kappa shape index (κ1) is 12.4. The van der Waals surface area contributed by atoms with Gasteiger partial charge in [-0.05, 0) is 47.9 Å². The summed E-state index contributed by atoms with van der Waals surface area (Å²) in [5, 5.41) is 0.982. The minimum Gasteiger partial charge on any atom is -0.495 e. The Labute approximate surface area is 116 Å². The van der Waals surface area contributed by atoms with E-state index in [1.165, 1.54) is 0 Å². The molecule has 0 unspecified atom stereocenters. The van der Waals surface area contributed by atoms with E-state index in [0.717, 1.165) is 27.6 Å². The molecule has 1 N–H and O–H groups in total. The summed E-state index contributed by atoms with van der Waals surface area (Å²) in [4.78, 5) is 18.5. The number of nitrogens with one attached hydrogen (secondary N) is 1. The zero-order valence-electron chi connectivity index (χ0n) is 11.3. The molecule has 2 aromatic heterocycles. The summed E-state index contributed by atoms with van der Waals surface area (Å²) in [7, 11) is 1.60. The number of fused-ring (bicyclic) bond motifs is 1. The van der Waals surface area contributed by atoms with E-state index in [2.05, 4.69) is 16.0 Å². The van der Waals surface area contributed by atoms with E-state index < -0.39 is 0 Å². The number of methoxy groups -OCH3 is 1. The molecule has 100 valence electrons. The van der Waals surface area contributed by atoms with Gasteiger partial charge in [-0.15, -0.1) is 0 Å². The van der Waals surface area contributed by atoms with Crippen molar-refractivity contribution in [1.29, 1.82) is 0 Å². The van der Waals surface area contributed by atoms with E-state index in [0.29, 0.717) is 5.75 Å². The Morgan fingerprint density at radius 1 is 1.10 bits per heavy atom. The van der Waals surface area contributed by atoms with Crippen molar-refractivity contribution in [3.8, 4) is 16.9 Å². The minimum atomic E-state index is -0.120. The van der Waals surface area contributed by atoms with Gasteiger partial charge in [0.15, 0.2) is 0 Å². The fourth-order valence-corrected chi connectivity index (χ4v) is 2.36. The number of aryl methyl sites for hydroxylation is 1. The van der Waals surface area contributed by atoms with Gasteiger partial charge in [-0.1, -0.05) is 0 Å². The Balaban J connectivity index is 2.35. The van der Waals surface area contributed by atoms with Crippen LogP contribution in [0.5, 0.6) is 5.75 Å². The molecule has 0 spiro atoms. The Hall–Kier alpha value is -2.62. The summed E-state index contributed by atoms with van der Waals surface area (Å²) >= 11 is 0. The molecule has 0 aliphatic heterocycles. The second-order valence-electron chi connectivity index (χ2n) is 4.65. The lowest BCUT2D eigenvalue weighted by Crippen LogP contribution is -2.06. The van der Waals surface area contributed by atoms with Gasteiger partial charge in [0, 0.05) is 23.8 Å². The van der Waals surface area contributed by atoms with Gasteiger partial charge in [0.1, 0.15) is 5.75 Å². The molecule has 0 radical (unpaired) electrons. The molecule has 2 heterocycles. The molecule has 0 aliphatic rings. The molecule has 0 bridgehead atoms. The van der Waals surface area contributed by atoms with Gasteiger partial charge in [0.25, 0.3) is 0 Å². The topological polar surface area (TPSA) is 55.0 Å². The second-order valence-corrected chi connectivity index (χ2v) is 4.65. The number of nitrogens with zero attached hydrogens (tertiary/aromatic N) is 1. The number of hydrogen-bond donors (Lipinski definition) is 1. The Morgan fingerprint density at radius 2 is 1.85 bits per heavy atom. The van der Waals surface area contributed by atoms with Crippen LogP contribution in [0.3, 0.4) is 0 Å². The minimum absolute atomic E-state index is 0.120. The monoisotopic (exact) mass is 266 g/mol. The van der Waals surface area contributed by atoms with Crippen molar-refractivity contribution in [3.05, 3.63) is 58.6 Å². The van der Waals surface area contributed by atoms with Crippen molar-refractivity contribution in [2.75, 3.05) is 7.11 Å². The first-order valence-electron chi connectivity index (χ1n) is 6.31. The number of hydrogen-bond acceptors (Lipinski definition) is 3. The molecule has 0 fully saturated rings. The summed E-state index contributed by atoms with van der Waals surface area (Å²) < 4.78 is 5.41. The number of rotatable bonds is 2. The second kappa shape index (κ2) is 4.81. The molecule has 1 aromatic carbocycles. The zero-order chi connectivity index (χ0) is 14.1. The molecule has 0 amide bonds. The van der Waals surface area contributed by atoms with Gasteiger partial charge >= 0.3 is 0 Å². The van der Waals surface area contributed by atoms with E-state index in [9.17, 15) is 4.79 Å². The van der Waals surface area contributed by atoms with Crippen LogP contribution in [0.15, 0.2) is 47.5 Å². The molecule has 0 saturated carbocycles. The molecular weight excluding hydrogens is 252 g/mol. The normalized spacial score (nSPS) is 10.7. The largest absolute Gasteiger partial charge is 0.495 e. The van der Waals surface area contributed by atoms with Crippen molar-refractivity contribution in [3.63, 3.8) is 0 Å². The highest BCUT2D eigenvalue weighted by Crippen LogP contribution is 2.31. The van der Waals surface area contributed by atoms with Crippen LogP contribution in [0.25, 0.3) is 22.0 Å². The average Bonchev–Trinajstić information content (AvgIpc) is 2.47. The van der Waals surface area contributed by atoms with Crippen LogP contribution in [0.2, 0.25) is 0 Å². The summed E-state index contributed by atoms with van der Waals surface area (Å²) in [6.45, 7) is 1.92. The lowest BCUT2D eigenvalue weighted by Gasteiger charge is -2.10. The van der Waals surface area contributed by atoms with Crippen LogP contribution < -0.4 is 10.3 Å². The fourth-order valence-electron chi connectivity index (χ4n) is 2.36. The first-order chi connectivity index (χ1) is 9.69. The van der Waals surface area contributed by atoms with E-state index in [1.54, 1.807) is 25.6 Å². The van der Waals surface area contributed by atoms with Crippen LogP contribution >= 0.6 is 0 Å². The van der Waals surface area contributed by atoms with E-state index in [4.69, 9.17) is 4.74 Å². The van der Waals surface area contributed by atoms with E-state index in [-0.39, 0.29) is 5.56 Å².